The first-order valence-corrected chi connectivity index (χ1v) is 8.43. The van der Waals surface area contributed by atoms with E-state index in [2.05, 4.69) is 10.6 Å². The number of carbonyl (C=O) groups excluding carboxylic acids is 4. The zero-order valence-electron chi connectivity index (χ0n) is 14.3. The van der Waals surface area contributed by atoms with Gasteiger partial charge in [0.25, 0.3) is 11.8 Å². The van der Waals surface area contributed by atoms with E-state index in [1.807, 2.05) is 0 Å². The summed E-state index contributed by atoms with van der Waals surface area (Å²) < 4.78 is 5.14. The van der Waals surface area contributed by atoms with Gasteiger partial charge >= 0.3 is 0 Å². The number of amides is 3. The Hall–Kier alpha value is -3.19. The van der Waals surface area contributed by atoms with Gasteiger partial charge in [-0.15, -0.1) is 0 Å². The standard InChI is InChI=1S/C19H15ClN2O5/c1-27-16-6-2-10(20)8-14(16)15(23)5-7-17(24)21-11-3-4-12-13(9-11)19(26)22-18(12)25/h2-4,6,8-9H,5,7H2,1H3,(H,21,24)(H,22,25,26). The minimum Gasteiger partial charge on any atom is -0.496 e. The second-order valence-corrected chi connectivity index (χ2v) is 6.30. The third kappa shape index (κ3) is 3.98. The molecule has 138 valence electrons. The molecule has 1 heterocycles. The number of halogens is 1. The van der Waals surface area contributed by atoms with E-state index in [1.165, 1.54) is 31.4 Å². The second-order valence-electron chi connectivity index (χ2n) is 5.86. The summed E-state index contributed by atoms with van der Waals surface area (Å²) in [6.07, 6.45) is -0.0941. The lowest BCUT2D eigenvalue weighted by molar-refractivity contribution is -0.116. The number of carbonyl (C=O) groups is 4. The van der Waals surface area contributed by atoms with Crippen LogP contribution in [-0.4, -0.2) is 30.6 Å². The van der Waals surface area contributed by atoms with Gasteiger partial charge in [-0.1, -0.05) is 11.6 Å². The smallest absolute Gasteiger partial charge is 0.259 e. The van der Waals surface area contributed by atoms with Gasteiger partial charge in [-0.3, -0.25) is 24.5 Å². The zero-order chi connectivity index (χ0) is 19.6. The fraction of sp³-hybridized carbons (Fsp3) is 0.158. The molecule has 3 rings (SSSR count). The van der Waals surface area contributed by atoms with Crippen LogP contribution in [0.5, 0.6) is 5.75 Å². The van der Waals surface area contributed by atoms with Gasteiger partial charge in [0.05, 0.1) is 23.8 Å². The van der Waals surface area contributed by atoms with Gasteiger partial charge in [0.1, 0.15) is 5.75 Å². The van der Waals surface area contributed by atoms with Crippen molar-refractivity contribution in [2.75, 3.05) is 12.4 Å². The van der Waals surface area contributed by atoms with Gasteiger partial charge in [0.2, 0.25) is 5.91 Å². The van der Waals surface area contributed by atoms with E-state index in [9.17, 15) is 19.2 Å². The molecule has 0 atom stereocenters. The first-order chi connectivity index (χ1) is 12.9. The van der Waals surface area contributed by atoms with Crippen molar-refractivity contribution in [1.82, 2.24) is 5.32 Å². The number of ether oxygens (including phenoxy) is 1. The van der Waals surface area contributed by atoms with Gasteiger partial charge in [-0.2, -0.15) is 0 Å². The first-order valence-electron chi connectivity index (χ1n) is 8.05. The average Bonchev–Trinajstić information content (AvgIpc) is 2.93. The van der Waals surface area contributed by atoms with Crippen LogP contribution in [0.25, 0.3) is 0 Å². The Balaban J connectivity index is 1.63. The molecule has 0 radical (unpaired) electrons. The number of hydrogen-bond donors (Lipinski definition) is 2. The first kappa shape index (κ1) is 18.6. The monoisotopic (exact) mass is 386 g/mol. The minimum atomic E-state index is -0.505. The molecule has 0 bridgehead atoms. The van der Waals surface area contributed by atoms with E-state index in [1.54, 1.807) is 12.1 Å². The molecule has 2 aromatic carbocycles. The van der Waals surface area contributed by atoms with Crippen molar-refractivity contribution in [3.63, 3.8) is 0 Å². The third-order valence-electron chi connectivity index (χ3n) is 4.06. The molecule has 8 heteroatoms. The van der Waals surface area contributed by atoms with Crippen molar-refractivity contribution < 1.29 is 23.9 Å². The van der Waals surface area contributed by atoms with E-state index in [4.69, 9.17) is 16.3 Å². The molecule has 0 unspecified atom stereocenters. The van der Waals surface area contributed by atoms with Crippen molar-refractivity contribution in [2.45, 2.75) is 12.8 Å². The molecule has 1 aliphatic rings. The molecule has 7 nitrogen and oxygen atoms in total. The number of rotatable bonds is 6. The number of ketones is 1. The Labute approximate surface area is 159 Å². The average molecular weight is 387 g/mol. The Bertz CT molecular complexity index is 971. The highest BCUT2D eigenvalue weighted by Crippen LogP contribution is 2.25. The molecule has 0 saturated heterocycles. The van der Waals surface area contributed by atoms with Crippen LogP contribution in [0.1, 0.15) is 43.9 Å². The lowest BCUT2D eigenvalue weighted by Crippen LogP contribution is -2.19. The summed E-state index contributed by atoms with van der Waals surface area (Å²) in [5.41, 5.74) is 1.15. The van der Waals surface area contributed by atoms with Gasteiger partial charge in [0, 0.05) is 23.6 Å². The topological polar surface area (TPSA) is 102 Å². The fourth-order valence-corrected chi connectivity index (χ4v) is 2.90. The SMILES string of the molecule is COc1ccc(Cl)cc1C(=O)CCC(=O)Nc1ccc2c(c1)C(=O)NC2=O. The maximum atomic E-state index is 12.4. The molecule has 3 amide bonds. The summed E-state index contributed by atoms with van der Waals surface area (Å²) in [7, 11) is 1.45. The summed E-state index contributed by atoms with van der Waals surface area (Å²) >= 11 is 5.91. The van der Waals surface area contributed by atoms with Crippen LogP contribution in [0.4, 0.5) is 5.69 Å². The normalized spacial score (nSPS) is 12.4. The third-order valence-corrected chi connectivity index (χ3v) is 4.30. The molecule has 0 saturated carbocycles. The van der Waals surface area contributed by atoms with Crippen molar-refractivity contribution >= 4 is 40.8 Å². The van der Waals surface area contributed by atoms with Gasteiger partial charge in [-0.25, -0.2) is 0 Å². The Morgan fingerprint density at radius 3 is 2.52 bits per heavy atom. The van der Waals surface area contributed by atoms with Crippen molar-refractivity contribution in [3.8, 4) is 5.75 Å². The maximum absolute atomic E-state index is 12.4. The number of nitrogens with one attached hydrogen (secondary N) is 2. The van der Waals surface area contributed by atoms with E-state index in [0.717, 1.165) is 0 Å². The summed E-state index contributed by atoms with van der Waals surface area (Å²) in [6.45, 7) is 0. The van der Waals surface area contributed by atoms with E-state index in [0.29, 0.717) is 22.0 Å². The fourth-order valence-electron chi connectivity index (χ4n) is 2.73. The predicted molar refractivity (Wildman–Crippen MR) is 98.4 cm³/mol. The molecule has 0 spiro atoms. The van der Waals surface area contributed by atoms with E-state index >= 15 is 0 Å². The van der Waals surface area contributed by atoms with Crippen LogP contribution in [0.2, 0.25) is 5.02 Å². The van der Waals surface area contributed by atoms with Crippen LogP contribution >= 0.6 is 11.6 Å². The second kappa shape index (κ2) is 7.59. The highest BCUT2D eigenvalue weighted by molar-refractivity contribution is 6.31. The van der Waals surface area contributed by atoms with Crippen molar-refractivity contribution in [1.29, 1.82) is 0 Å². The molecule has 1 aliphatic heterocycles. The predicted octanol–water partition coefficient (Wildman–Crippen LogP) is 2.83. The Morgan fingerprint density at radius 2 is 1.78 bits per heavy atom. The van der Waals surface area contributed by atoms with Gasteiger partial charge in [-0.05, 0) is 36.4 Å². The summed E-state index contributed by atoms with van der Waals surface area (Å²) in [5, 5.41) is 5.19. The van der Waals surface area contributed by atoms with E-state index < -0.39 is 17.7 Å². The summed E-state index contributed by atoms with van der Waals surface area (Å²) in [5.74, 6) is -1.25. The summed E-state index contributed by atoms with van der Waals surface area (Å²) in [6, 6.07) is 9.11. The minimum absolute atomic E-state index is 0.0353. The molecule has 2 N–H and O–H groups in total. The lowest BCUT2D eigenvalue weighted by atomic mass is 10.0. The van der Waals surface area contributed by atoms with Crippen LogP contribution in [0.15, 0.2) is 36.4 Å². The van der Waals surface area contributed by atoms with Gasteiger partial charge in [0.15, 0.2) is 5.78 Å². The summed E-state index contributed by atoms with van der Waals surface area (Å²) in [4.78, 5) is 47.7. The maximum Gasteiger partial charge on any atom is 0.259 e. The Morgan fingerprint density at radius 1 is 1.04 bits per heavy atom. The molecular formula is C19H15ClN2O5. The highest BCUT2D eigenvalue weighted by Gasteiger charge is 2.26. The number of benzene rings is 2. The van der Waals surface area contributed by atoms with Gasteiger partial charge < -0.3 is 10.1 Å². The molecule has 0 aliphatic carbocycles. The van der Waals surface area contributed by atoms with Crippen LogP contribution in [0.3, 0.4) is 0 Å². The van der Waals surface area contributed by atoms with Crippen LogP contribution < -0.4 is 15.4 Å². The number of Topliss-reactive ketones (excluding diaryl/α,β-unsaturated/α-hetero) is 1. The highest BCUT2D eigenvalue weighted by atomic mass is 35.5. The van der Waals surface area contributed by atoms with Crippen LogP contribution in [-0.2, 0) is 4.79 Å². The number of hydrogen-bond acceptors (Lipinski definition) is 5. The molecule has 27 heavy (non-hydrogen) atoms. The molecule has 0 aromatic heterocycles. The molecule has 2 aromatic rings. The lowest BCUT2D eigenvalue weighted by Gasteiger charge is -2.09. The van der Waals surface area contributed by atoms with Crippen LogP contribution in [0, 0.1) is 0 Å². The number of imide groups is 1. The molecular weight excluding hydrogens is 372 g/mol. The van der Waals surface area contributed by atoms with Crippen molar-refractivity contribution in [3.05, 3.63) is 58.1 Å². The number of anilines is 1. The largest absolute Gasteiger partial charge is 0.496 e. The number of fused-ring (bicyclic) bond motifs is 1. The Kier molecular flexibility index (Phi) is 5.23. The number of methoxy groups -OCH3 is 1. The zero-order valence-corrected chi connectivity index (χ0v) is 15.1. The molecule has 0 fully saturated rings. The van der Waals surface area contributed by atoms with E-state index in [-0.39, 0.29) is 29.8 Å². The van der Waals surface area contributed by atoms with Crippen molar-refractivity contribution in [2.24, 2.45) is 0 Å². The quantitative estimate of drug-likeness (QED) is 0.587.